The summed E-state index contributed by atoms with van der Waals surface area (Å²) in [6.07, 6.45) is 8.12. The fraction of sp³-hybridized carbons (Fsp3) is 0.500. The van der Waals surface area contributed by atoms with Crippen molar-refractivity contribution in [3.63, 3.8) is 0 Å². The molecular formula is C16H21N3O. The number of fused-ring (bicyclic) bond motifs is 1. The highest BCUT2D eigenvalue weighted by Gasteiger charge is 2.29. The molecule has 3 rings (SSSR count). The van der Waals surface area contributed by atoms with E-state index >= 15 is 0 Å². The molecule has 0 spiro atoms. The monoisotopic (exact) mass is 271 g/mol. The molecule has 2 aromatic heterocycles. The van der Waals surface area contributed by atoms with Crippen molar-refractivity contribution in [2.24, 2.45) is 5.92 Å². The van der Waals surface area contributed by atoms with Gasteiger partial charge in [-0.1, -0.05) is 6.92 Å². The first kappa shape index (κ1) is 13.2. The Morgan fingerprint density at radius 1 is 1.50 bits per heavy atom. The first-order valence-electron chi connectivity index (χ1n) is 7.50. The van der Waals surface area contributed by atoms with Crippen LogP contribution in [0.4, 0.5) is 0 Å². The minimum absolute atomic E-state index is 0.223. The van der Waals surface area contributed by atoms with Gasteiger partial charge in [0, 0.05) is 36.8 Å². The summed E-state index contributed by atoms with van der Waals surface area (Å²) in [4.78, 5) is 16.1. The molecule has 4 nitrogen and oxygen atoms in total. The van der Waals surface area contributed by atoms with E-state index in [1.807, 2.05) is 12.3 Å². The molecular weight excluding hydrogens is 250 g/mol. The summed E-state index contributed by atoms with van der Waals surface area (Å²) in [5.41, 5.74) is 2.33. The number of amides is 1. The number of pyridine rings is 1. The average Bonchev–Trinajstić information content (AvgIpc) is 3.25. The van der Waals surface area contributed by atoms with Crippen molar-refractivity contribution in [2.75, 3.05) is 6.54 Å². The smallest absolute Gasteiger partial charge is 0.223 e. The molecule has 0 bridgehead atoms. The van der Waals surface area contributed by atoms with Gasteiger partial charge in [0.25, 0.3) is 0 Å². The Labute approximate surface area is 119 Å². The van der Waals surface area contributed by atoms with Crippen LogP contribution in [0.2, 0.25) is 0 Å². The fourth-order valence-corrected chi connectivity index (χ4v) is 2.62. The molecule has 0 aliphatic heterocycles. The summed E-state index contributed by atoms with van der Waals surface area (Å²) < 4.78 is 2.22. The summed E-state index contributed by atoms with van der Waals surface area (Å²) in [6, 6.07) is 4.09. The summed E-state index contributed by atoms with van der Waals surface area (Å²) in [7, 11) is 0. The molecule has 106 valence electrons. The van der Waals surface area contributed by atoms with E-state index in [-0.39, 0.29) is 11.8 Å². The molecule has 0 saturated heterocycles. The Kier molecular flexibility index (Phi) is 3.72. The molecule has 0 unspecified atom stereocenters. The summed E-state index contributed by atoms with van der Waals surface area (Å²) >= 11 is 0. The van der Waals surface area contributed by atoms with E-state index in [2.05, 4.69) is 34.1 Å². The van der Waals surface area contributed by atoms with Gasteiger partial charge in [-0.25, -0.2) is 4.98 Å². The first-order valence-corrected chi connectivity index (χ1v) is 7.50. The van der Waals surface area contributed by atoms with Crippen LogP contribution in [0.3, 0.4) is 0 Å². The number of nitrogens with zero attached hydrogens (tertiary/aromatic N) is 2. The van der Waals surface area contributed by atoms with Crippen molar-refractivity contribution >= 4 is 16.9 Å². The van der Waals surface area contributed by atoms with Crippen LogP contribution in [0.15, 0.2) is 24.5 Å². The molecule has 1 saturated carbocycles. The maximum atomic E-state index is 11.6. The maximum absolute atomic E-state index is 11.6. The van der Waals surface area contributed by atoms with Gasteiger partial charge in [-0.05, 0) is 43.4 Å². The summed E-state index contributed by atoms with van der Waals surface area (Å²) in [5, 5.41) is 4.24. The zero-order chi connectivity index (χ0) is 13.9. The van der Waals surface area contributed by atoms with Crippen molar-refractivity contribution in [1.82, 2.24) is 14.9 Å². The van der Waals surface area contributed by atoms with Crippen molar-refractivity contribution in [3.05, 3.63) is 30.1 Å². The predicted octanol–water partition coefficient (Wildman–Crippen LogP) is 2.52. The van der Waals surface area contributed by atoms with Crippen LogP contribution in [-0.4, -0.2) is 22.0 Å². The molecule has 1 aliphatic rings. The van der Waals surface area contributed by atoms with E-state index in [1.165, 1.54) is 10.9 Å². The largest absolute Gasteiger partial charge is 0.356 e. The van der Waals surface area contributed by atoms with Crippen LogP contribution in [0.1, 0.15) is 31.7 Å². The molecule has 1 fully saturated rings. The molecule has 0 aromatic carbocycles. The molecule has 4 heteroatoms. The Balaban J connectivity index is 1.71. The van der Waals surface area contributed by atoms with E-state index in [9.17, 15) is 4.79 Å². The fourth-order valence-electron chi connectivity index (χ4n) is 2.62. The van der Waals surface area contributed by atoms with Gasteiger partial charge in [0.2, 0.25) is 5.91 Å². The topological polar surface area (TPSA) is 46.9 Å². The molecule has 2 aromatic rings. The molecule has 1 aliphatic carbocycles. The van der Waals surface area contributed by atoms with Crippen LogP contribution in [-0.2, 0) is 17.8 Å². The van der Waals surface area contributed by atoms with Gasteiger partial charge in [0.1, 0.15) is 5.65 Å². The summed E-state index contributed by atoms with van der Waals surface area (Å²) in [5.74, 6) is 0.513. The minimum Gasteiger partial charge on any atom is -0.356 e. The van der Waals surface area contributed by atoms with Crippen LogP contribution in [0, 0.1) is 5.92 Å². The molecule has 20 heavy (non-hydrogen) atoms. The van der Waals surface area contributed by atoms with Crippen molar-refractivity contribution in [2.45, 2.75) is 39.2 Å². The molecule has 2 heterocycles. The standard InChI is InChI=1S/C16H21N3O/c1-2-10-19-11-13(14-4-3-8-17-15(14)19)7-9-18-16(20)12-5-6-12/h3-4,8,11-12H,2,5-7,9-10H2,1H3,(H,18,20). The number of hydrogen-bond acceptors (Lipinski definition) is 2. The second-order valence-corrected chi connectivity index (χ2v) is 5.54. The van der Waals surface area contributed by atoms with Gasteiger partial charge in [-0.3, -0.25) is 4.79 Å². The quantitative estimate of drug-likeness (QED) is 0.877. The lowest BCUT2D eigenvalue weighted by Crippen LogP contribution is -2.26. The second-order valence-electron chi connectivity index (χ2n) is 5.54. The molecule has 0 radical (unpaired) electrons. The third kappa shape index (κ3) is 2.69. The van der Waals surface area contributed by atoms with E-state index in [1.54, 1.807) is 0 Å². The third-order valence-electron chi connectivity index (χ3n) is 3.82. The average molecular weight is 271 g/mol. The van der Waals surface area contributed by atoms with Gasteiger partial charge in [-0.2, -0.15) is 0 Å². The van der Waals surface area contributed by atoms with Crippen LogP contribution in [0.5, 0.6) is 0 Å². The number of carbonyl (C=O) groups excluding carboxylic acids is 1. The minimum atomic E-state index is 0.223. The Hall–Kier alpha value is -1.84. The van der Waals surface area contributed by atoms with E-state index in [0.29, 0.717) is 0 Å². The molecule has 1 amide bonds. The van der Waals surface area contributed by atoms with Crippen LogP contribution >= 0.6 is 0 Å². The zero-order valence-electron chi connectivity index (χ0n) is 11.9. The predicted molar refractivity (Wildman–Crippen MR) is 79.5 cm³/mol. The highest BCUT2D eigenvalue weighted by Crippen LogP contribution is 2.28. The Morgan fingerprint density at radius 3 is 3.10 bits per heavy atom. The third-order valence-corrected chi connectivity index (χ3v) is 3.82. The van der Waals surface area contributed by atoms with E-state index in [0.717, 1.165) is 44.4 Å². The number of aryl methyl sites for hydroxylation is 1. The van der Waals surface area contributed by atoms with Crippen molar-refractivity contribution in [3.8, 4) is 0 Å². The lowest BCUT2D eigenvalue weighted by atomic mass is 10.1. The summed E-state index contributed by atoms with van der Waals surface area (Å²) in [6.45, 7) is 3.88. The van der Waals surface area contributed by atoms with Gasteiger partial charge < -0.3 is 9.88 Å². The normalized spacial score (nSPS) is 14.7. The number of rotatable bonds is 6. The zero-order valence-corrected chi connectivity index (χ0v) is 11.9. The number of aromatic nitrogens is 2. The Bertz CT molecular complexity index is 613. The second kappa shape index (κ2) is 5.65. The number of hydrogen-bond donors (Lipinski definition) is 1. The lowest BCUT2D eigenvalue weighted by molar-refractivity contribution is -0.122. The maximum Gasteiger partial charge on any atom is 0.223 e. The van der Waals surface area contributed by atoms with Gasteiger partial charge in [0.15, 0.2) is 0 Å². The highest BCUT2D eigenvalue weighted by molar-refractivity contribution is 5.82. The Morgan fingerprint density at radius 2 is 2.35 bits per heavy atom. The van der Waals surface area contributed by atoms with E-state index in [4.69, 9.17) is 0 Å². The van der Waals surface area contributed by atoms with Crippen LogP contribution in [0.25, 0.3) is 11.0 Å². The first-order chi connectivity index (χ1) is 9.79. The molecule has 0 atom stereocenters. The number of carbonyl (C=O) groups is 1. The van der Waals surface area contributed by atoms with Gasteiger partial charge in [0.05, 0.1) is 0 Å². The van der Waals surface area contributed by atoms with E-state index < -0.39 is 0 Å². The SMILES string of the molecule is CCCn1cc(CCNC(=O)C2CC2)c2cccnc21. The molecule has 1 N–H and O–H groups in total. The van der Waals surface area contributed by atoms with Gasteiger partial charge in [-0.15, -0.1) is 0 Å². The highest BCUT2D eigenvalue weighted by atomic mass is 16.2. The van der Waals surface area contributed by atoms with Gasteiger partial charge >= 0.3 is 0 Å². The van der Waals surface area contributed by atoms with Crippen molar-refractivity contribution in [1.29, 1.82) is 0 Å². The number of nitrogens with one attached hydrogen (secondary N) is 1. The lowest BCUT2D eigenvalue weighted by Gasteiger charge is -2.03. The van der Waals surface area contributed by atoms with Crippen molar-refractivity contribution < 1.29 is 4.79 Å². The van der Waals surface area contributed by atoms with Crippen LogP contribution < -0.4 is 5.32 Å².